The fourth-order valence-corrected chi connectivity index (χ4v) is 20.7. The molecule has 2 atom stereocenters. The van der Waals surface area contributed by atoms with Gasteiger partial charge in [-0.1, -0.05) is 113 Å². The molecule has 0 saturated carbocycles. The number of hydrogen-bond donors (Lipinski definition) is 0. The summed E-state index contributed by atoms with van der Waals surface area (Å²) in [5.41, 5.74) is -1.45. The van der Waals surface area contributed by atoms with Gasteiger partial charge in [-0.05, 0) is 248 Å². The first-order valence-corrected chi connectivity index (χ1v) is 43.5. The summed E-state index contributed by atoms with van der Waals surface area (Å²) in [5.74, 6) is -5.19. The summed E-state index contributed by atoms with van der Waals surface area (Å²) in [5, 5.41) is 59.4. The van der Waals surface area contributed by atoms with Gasteiger partial charge in [0.25, 0.3) is 9.84 Å². The van der Waals surface area contributed by atoms with Crippen LogP contribution >= 0.6 is 0 Å². The molecule has 34 heteroatoms. The number of sulfone groups is 2. The molecule has 636 valence electrons. The zero-order valence-electron chi connectivity index (χ0n) is 66.7. The molecule has 0 aromatic heterocycles. The van der Waals surface area contributed by atoms with E-state index in [4.69, 9.17) is 39.4 Å². The van der Waals surface area contributed by atoms with Crippen molar-refractivity contribution in [3.8, 4) is 36.4 Å². The summed E-state index contributed by atoms with van der Waals surface area (Å²) >= 11 is -5.70. The van der Waals surface area contributed by atoms with Gasteiger partial charge in [-0.25, -0.2) is 34.4 Å². The maximum Gasteiger partial charge on any atom is 0.523 e. The molecule has 2 unspecified atom stereocenters. The summed E-state index contributed by atoms with van der Waals surface area (Å²) in [4.78, 5) is 18.4. The molecule has 0 amide bonds. The molecule has 6 aliphatic carbocycles. The average Bonchev–Trinajstić information content (AvgIpc) is 1.54. The lowest BCUT2D eigenvalue weighted by molar-refractivity contribution is -0.137. The highest BCUT2D eigenvalue weighted by molar-refractivity contribution is 7.92. The molecule has 6 aliphatic rings. The van der Waals surface area contributed by atoms with Gasteiger partial charge in [0.15, 0.2) is 9.84 Å². The molecule has 0 saturated heterocycles. The Hall–Kier alpha value is -16.1. The van der Waals surface area contributed by atoms with Crippen LogP contribution in [0.2, 0.25) is 0 Å². The van der Waals surface area contributed by atoms with Crippen LogP contribution in [0.4, 0.5) is 43.9 Å². The van der Waals surface area contributed by atoms with Crippen molar-refractivity contribution in [2.45, 2.75) is 78.4 Å². The molecule has 0 bridgehead atoms. The van der Waals surface area contributed by atoms with E-state index < -0.39 is 134 Å². The second-order valence-corrected chi connectivity index (χ2v) is 35.0. The second kappa shape index (κ2) is 36.1. The van der Waals surface area contributed by atoms with E-state index in [0.29, 0.717) is 39.8 Å². The highest BCUT2D eigenvalue weighted by atomic mass is 32.2. The Morgan fingerprint density at radius 2 is 0.646 bits per heavy atom. The Morgan fingerprint density at radius 3 is 0.946 bits per heavy atom. The molecule has 130 heavy (non-hydrogen) atoms. The predicted octanol–water partition coefficient (Wildman–Crippen LogP) is 14.1. The van der Waals surface area contributed by atoms with E-state index in [2.05, 4.69) is 29.1 Å². The van der Waals surface area contributed by atoms with E-state index in [-0.39, 0.29) is 146 Å². The number of nitrogens with zero attached hydrogens (tertiary/aromatic N) is 12. The van der Waals surface area contributed by atoms with Crippen LogP contribution in [0.1, 0.15) is 89.0 Å². The zero-order valence-corrected chi connectivity index (χ0v) is 70.0. The fourth-order valence-electron chi connectivity index (χ4n) is 17.1. The standard InChI is InChI=1S/C32H15F5N4O4S2.C32H17F3N4.C32H18F2N4O4S2/c1-40-31(41-2)24-12-22-25(15-46(42)43)28-23(11-21(18(13-38)14-39)26(28)16-3-7-19(33)8-4-16)30(47(44,45)32(35,36)37)29(22)27(24)17-5-9-20(34)10-6-17;1-18-4-6-19(7-5-18)30-26-12-21-14-27(23(16-36)17-37)29(20-8-10-24(11-9-20)32(33,34)35)25(21)13-22(26)15-28(30)31(38-2)39-3;1-37-32(38-2)25-13-23-26(16-43(39)40)29-24(12-22(19(14-35)15-36)27(29)17-4-8-20(33)9-5-17)31(44(3,41)42)30(23)28(25)18-6-10-21(34)11-7-18/h3-10H,11-12,15H2,(H,42,43);4-13H,14-15H2,1H3;4-11H,12-13,16H2,3H3,(H,39,40)/p-2. The van der Waals surface area contributed by atoms with Crippen LogP contribution in [0.15, 0.2) is 235 Å². The van der Waals surface area contributed by atoms with Crippen LogP contribution in [0.5, 0.6) is 0 Å². The van der Waals surface area contributed by atoms with Gasteiger partial charge >= 0.3 is 29.1 Å². The van der Waals surface area contributed by atoms with Gasteiger partial charge in [0.05, 0.1) is 32.1 Å². The maximum absolute atomic E-state index is 14.6. The molecule has 20 nitrogen and oxygen atoms in total. The van der Waals surface area contributed by atoms with E-state index in [1.807, 2.05) is 67.6 Å². The lowest BCUT2D eigenvalue weighted by atomic mass is 9.94. The number of benzene rings is 9. The molecule has 0 N–H and O–H groups in total. The normalized spacial score (nSPS) is 14.1. The van der Waals surface area contributed by atoms with Crippen LogP contribution in [0.25, 0.3) is 62.5 Å². The molecule has 0 fully saturated rings. The van der Waals surface area contributed by atoms with Gasteiger partial charge in [0.1, 0.15) is 116 Å². The zero-order chi connectivity index (χ0) is 94.2. The number of halogens is 10. The lowest BCUT2D eigenvalue weighted by Crippen LogP contribution is -2.36. The first kappa shape index (κ1) is 91.6. The molecule has 0 radical (unpaired) electrons. The molecular formula is C96H48F10N12O8S4-2. The van der Waals surface area contributed by atoms with E-state index in [1.165, 1.54) is 48.5 Å². The van der Waals surface area contributed by atoms with E-state index in [9.17, 15) is 110 Å². The molecule has 0 heterocycles. The van der Waals surface area contributed by atoms with Gasteiger partial charge in [-0.2, -0.15) is 87.0 Å². The molecular weight excluding hydrogens is 1770 g/mol. The highest BCUT2D eigenvalue weighted by Gasteiger charge is 2.52. The molecule has 15 rings (SSSR count). The number of rotatable bonds is 12. The summed E-state index contributed by atoms with van der Waals surface area (Å²) in [6.45, 7) is 47.5. The SMILES string of the molecule is [C-]#[N+]C([N+]#[C-])=C1Cc2c(CS(=O)[O-])c3c(c(S(=O)(=O)C(F)(F)F)c2=C1c1ccc(F)cc1)CC(=C(C#N)C#N)C=3c1ccc(F)cc1.[C-]#[N+]C([N+]#[C-])=C1Cc2c(CS(=O)[O-])c3c(c(S(C)(=O)=O)c2=C1c1ccc(F)cc1)CC(=C(C#N)C#N)C=3c1ccc(F)cc1.[C-]#[N+]C([N+]#[C-])=C1Cc2cc3c(cc2=C1c1ccc(C)cc1)CC(=C(C#N)C#N)C=3c1ccc(C(F)(F)F)cc1. The third kappa shape index (κ3) is 16.7. The summed E-state index contributed by atoms with van der Waals surface area (Å²) in [6.07, 6.45) is -4.70. The number of alkyl halides is 6. The quantitative estimate of drug-likeness (QED) is 0.0475. The van der Waals surface area contributed by atoms with Gasteiger partial charge in [0.2, 0.25) is 0 Å². The van der Waals surface area contributed by atoms with Crippen LogP contribution < -0.4 is 31.3 Å². The summed E-state index contributed by atoms with van der Waals surface area (Å²) < 4.78 is 243. The van der Waals surface area contributed by atoms with Gasteiger partial charge in [0, 0.05) is 47.5 Å². The minimum Gasteiger partial charge on any atom is -0.772 e. The van der Waals surface area contributed by atoms with Crippen LogP contribution in [-0.2, 0) is 98.0 Å². The first-order valence-electron chi connectivity index (χ1n) is 37.6. The smallest absolute Gasteiger partial charge is 0.523 e. The summed E-state index contributed by atoms with van der Waals surface area (Å²) in [6, 6.07) is 45.7. The van der Waals surface area contributed by atoms with Crippen molar-refractivity contribution in [2.75, 3.05) is 6.26 Å². The van der Waals surface area contributed by atoms with E-state index in [0.717, 1.165) is 117 Å². The lowest BCUT2D eigenvalue weighted by Gasteiger charge is -2.18. The van der Waals surface area contributed by atoms with Crippen molar-refractivity contribution >= 4 is 75.3 Å². The van der Waals surface area contributed by atoms with Crippen molar-refractivity contribution in [3.05, 3.63) is 437 Å². The Balaban J connectivity index is 0.000000167. The molecule has 0 spiro atoms. The Bertz CT molecular complexity index is 8040. The van der Waals surface area contributed by atoms with Crippen molar-refractivity contribution in [3.63, 3.8) is 0 Å². The van der Waals surface area contributed by atoms with E-state index >= 15 is 0 Å². The first-order chi connectivity index (χ1) is 61.8. The second-order valence-electron chi connectivity index (χ2n) is 29.4. The van der Waals surface area contributed by atoms with Crippen molar-refractivity contribution in [1.29, 1.82) is 31.6 Å². The molecule has 9 aromatic carbocycles. The van der Waals surface area contributed by atoms with Crippen molar-refractivity contribution in [1.82, 2.24) is 0 Å². The fraction of sp³-hybridized carbons (Fsp3) is 0.125. The minimum atomic E-state index is -6.35. The number of fused-ring (bicyclic) bond motifs is 6. The number of hydrogen-bond acceptors (Lipinski definition) is 14. The van der Waals surface area contributed by atoms with E-state index in [1.54, 1.807) is 12.1 Å². The monoisotopic (exact) mass is 1810 g/mol. The molecule has 0 aliphatic heterocycles. The highest BCUT2D eigenvalue weighted by Crippen LogP contribution is 2.45. The number of nitriles is 6. The molecule has 9 aromatic rings. The van der Waals surface area contributed by atoms with Crippen molar-refractivity contribution in [2.24, 2.45) is 0 Å². The largest absolute Gasteiger partial charge is 0.772 e. The Labute approximate surface area is 739 Å². The van der Waals surface area contributed by atoms with Gasteiger partial charge < -0.3 is 9.11 Å². The number of allylic oxidation sites excluding steroid dienone is 9. The third-order valence-electron chi connectivity index (χ3n) is 22.2. The van der Waals surface area contributed by atoms with Crippen LogP contribution in [0.3, 0.4) is 0 Å². The number of aryl methyl sites for hydroxylation is 1. The maximum atomic E-state index is 14.6. The van der Waals surface area contributed by atoms with Crippen molar-refractivity contribution < 1.29 is 78.3 Å². The van der Waals surface area contributed by atoms with Crippen LogP contribution in [0, 0.1) is 138 Å². The summed E-state index contributed by atoms with van der Waals surface area (Å²) in [7, 11) is -10.5. The Morgan fingerprint density at radius 1 is 0.385 bits per heavy atom. The van der Waals surface area contributed by atoms with Crippen LogP contribution in [-0.4, -0.2) is 46.1 Å². The van der Waals surface area contributed by atoms with Gasteiger partial charge in [-0.15, -0.1) is 0 Å². The Kier molecular flexibility index (Phi) is 25.5. The minimum absolute atomic E-state index is 0.00860. The topological polar surface area (TPSA) is 317 Å². The predicted molar refractivity (Wildman–Crippen MR) is 450 cm³/mol. The third-order valence-corrected chi connectivity index (χ3v) is 26.1. The average molecular weight is 1820 g/mol. The van der Waals surface area contributed by atoms with Gasteiger partial charge in [-0.3, -0.25) is 8.42 Å².